The van der Waals surface area contributed by atoms with Crippen molar-refractivity contribution in [2.45, 2.75) is 31.9 Å². The fourth-order valence-corrected chi connectivity index (χ4v) is 4.00. The van der Waals surface area contributed by atoms with Crippen molar-refractivity contribution in [1.29, 1.82) is 0 Å². The molecule has 1 aromatic rings. The zero-order valence-corrected chi connectivity index (χ0v) is 17.7. The van der Waals surface area contributed by atoms with Crippen molar-refractivity contribution in [1.82, 2.24) is 15.1 Å². The summed E-state index contributed by atoms with van der Waals surface area (Å²) < 4.78 is 44.3. The molecule has 0 aliphatic carbocycles. The summed E-state index contributed by atoms with van der Waals surface area (Å²) in [6, 6.07) is 5.67. The summed E-state index contributed by atoms with van der Waals surface area (Å²) in [5.41, 5.74) is 2.96. The van der Waals surface area contributed by atoms with E-state index in [1.165, 1.54) is 5.56 Å². The maximum atomic E-state index is 13.0. The van der Waals surface area contributed by atoms with E-state index in [1.807, 2.05) is 17.0 Å². The molecule has 2 aliphatic rings. The Bertz CT molecular complexity index is 764. The molecule has 0 unspecified atom stereocenters. The van der Waals surface area contributed by atoms with Crippen LogP contribution in [0.15, 0.2) is 18.2 Å². The van der Waals surface area contributed by atoms with Gasteiger partial charge >= 0.3 is 12.1 Å². The zero-order valence-electron chi connectivity index (χ0n) is 17.7. The summed E-state index contributed by atoms with van der Waals surface area (Å²) in [6.07, 6.45) is -2.84. The third-order valence-corrected chi connectivity index (χ3v) is 5.82. The lowest BCUT2D eigenvalue weighted by molar-refractivity contribution is -0.185. The van der Waals surface area contributed by atoms with Gasteiger partial charge in [0.05, 0.1) is 13.2 Å². The van der Waals surface area contributed by atoms with Gasteiger partial charge in [0.2, 0.25) is 0 Å². The molecule has 1 aromatic carbocycles. The normalized spacial score (nSPS) is 17.6. The van der Waals surface area contributed by atoms with Gasteiger partial charge in [0, 0.05) is 44.7 Å². The van der Waals surface area contributed by atoms with Crippen LogP contribution in [0.1, 0.15) is 34.3 Å². The van der Waals surface area contributed by atoms with Crippen molar-refractivity contribution in [3.05, 3.63) is 34.9 Å². The summed E-state index contributed by atoms with van der Waals surface area (Å²) >= 11 is 0. The van der Waals surface area contributed by atoms with E-state index in [0.29, 0.717) is 38.4 Å². The number of nitrogens with one attached hydrogen (secondary N) is 1. The van der Waals surface area contributed by atoms with Crippen molar-refractivity contribution in [3.63, 3.8) is 0 Å². The minimum Gasteiger partial charge on any atom is -0.379 e. The maximum Gasteiger partial charge on any atom is 0.471 e. The number of ketones is 1. The Morgan fingerprint density at radius 3 is 2.48 bits per heavy atom. The number of benzene rings is 1. The SMILES string of the molecule is O=C(CCCN(CCN1CCOCC1)C(=O)C(F)(F)F)c1ccc2c(c1)CCNCC2. The average Bonchev–Trinajstić information content (AvgIpc) is 3.00. The number of ether oxygens (including phenoxy) is 1. The number of carbonyl (C=O) groups is 2. The van der Waals surface area contributed by atoms with Gasteiger partial charge < -0.3 is 15.0 Å². The smallest absolute Gasteiger partial charge is 0.379 e. The molecular formula is C22H30F3N3O3. The van der Waals surface area contributed by atoms with Crippen LogP contribution < -0.4 is 5.32 Å². The van der Waals surface area contributed by atoms with Crippen LogP contribution in [0.25, 0.3) is 0 Å². The molecule has 172 valence electrons. The van der Waals surface area contributed by atoms with Crippen molar-refractivity contribution in [2.24, 2.45) is 0 Å². The fraction of sp³-hybridized carbons (Fsp3) is 0.636. The zero-order chi connectivity index (χ0) is 22.3. The monoisotopic (exact) mass is 441 g/mol. The van der Waals surface area contributed by atoms with Crippen LogP contribution in [0, 0.1) is 0 Å². The highest BCUT2D eigenvalue weighted by Gasteiger charge is 2.42. The van der Waals surface area contributed by atoms with Gasteiger partial charge in [-0.25, -0.2) is 0 Å². The van der Waals surface area contributed by atoms with Crippen LogP contribution in [0.4, 0.5) is 13.2 Å². The van der Waals surface area contributed by atoms with E-state index in [2.05, 4.69) is 5.32 Å². The van der Waals surface area contributed by atoms with Crippen LogP contribution in [-0.2, 0) is 22.4 Å². The third-order valence-electron chi connectivity index (χ3n) is 5.82. The number of hydrogen-bond donors (Lipinski definition) is 1. The van der Waals surface area contributed by atoms with Crippen molar-refractivity contribution >= 4 is 11.7 Å². The molecular weight excluding hydrogens is 411 g/mol. The van der Waals surface area contributed by atoms with Crippen molar-refractivity contribution < 1.29 is 27.5 Å². The number of amides is 1. The van der Waals surface area contributed by atoms with E-state index in [1.54, 1.807) is 6.07 Å². The first-order chi connectivity index (χ1) is 14.8. The number of Topliss-reactive ketones (excluding diaryl/α,β-unsaturated/α-hetero) is 1. The Labute approximate surface area is 180 Å². The molecule has 6 nitrogen and oxygen atoms in total. The lowest BCUT2D eigenvalue weighted by Gasteiger charge is -2.30. The number of morpholine rings is 1. The predicted octanol–water partition coefficient (Wildman–Crippen LogP) is 2.06. The minimum absolute atomic E-state index is 0.0155. The second-order valence-corrected chi connectivity index (χ2v) is 8.00. The van der Waals surface area contributed by atoms with Crippen LogP contribution >= 0.6 is 0 Å². The van der Waals surface area contributed by atoms with Crippen LogP contribution in [0.5, 0.6) is 0 Å². The highest BCUT2D eigenvalue weighted by molar-refractivity contribution is 5.96. The molecule has 1 N–H and O–H groups in total. The Morgan fingerprint density at radius 1 is 1.06 bits per heavy atom. The van der Waals surface area contributed by atoms with Gasteiger partial charge in [0.25, 0.3) is 0 Å². The Kier molecular flexibility index (Phi) is 8.45. The first kappa shape index (κ1) is 23.7. The van der Waals surface area contributed by atoms with E-state index in [0.717, 1.165) is 36.4 Å². The molecule has 1 fully saturated rings. The quantitative estimate of drug-likeness (QED) is 0.626. The highest BCUT2D eigenvalue weighted by atomic mass is 19.4. The van der Waals surface area contributed by atoms with Gasteiger partial charge in [-0.3, -0.25) is 14.5 Å². The molecule has 0 aromatic heterocycles. The second-order valence-electron chi connectivity index (χ2n) is 8.00. The van der Waals surface area contributed by atoms with Gasteiger partial charge in [0.15, 0.2) is 5.78 Å². The van der Waals surface area contributed by atoms with Crippen molar-refractivity contribution in [3.8, 4) is 0 Å². The Balaban J connectivity index is 1.54. The summed E-state index contributed by atoms with van der Waals surface area (Å²) in [4.78, 5) is 27.3. The molecule has 0 saturated carbocycles. The average molecular weight is 441 g/mol. The molecule has 9 heteroatoms. The number of hydrogen-bond acceptors (Lipinski definition) is 5. The molecule has 1 amide bonds. The molecule has 2 aliphatic heterocycles. The number of fused-ring (bicyclic) bond motifs is 1. The van der Waals surface area contributed by atoms with E-state index in [9.17, 15) is 22.8 Å². The number of nitrogens with zero attached hydrogens (tertiary/aromatic N) is 2. The molecule has 0 radical (unpaired) electrons. The fourth-order valence-electron chi connectivity index (χ4n) is 4.00. The van der Waals surface area contributed by atoms with E-state index >= 15 is 0 Å². The number of rotatable bonds is 8. The van der Waals surface area contributed by atoms with Gasteiger partial charge in [-0.1, -0.05) is 12.1 Å². The standard InChI is InChI=1S/C22H30F3N3O3/c23-22(24,25)21(30)28(11-10-27-12-14-31-15-13-27)9-1-2-20(29)19-4-3-17-5-7-26-8-6-18(17)16-19/h3-4,16,26H,1-2,5-15H2. The first-order valence-corrected chi connectivity index (χ1v) is 10.9. The van der Waals surface area contributed by atoms with Crippen LogP contribution in [0.3, 0.4) is 0 Å². The topological polar surface area (TPSA) is 61.9 Å². The number of halogens is 3. The largest absolute Gasteiger partial charge is 0.471 e. The summed E-state index contributed by atoms with van der Waals surface area (Å²) in [5.74, 6) is -1.95. The van der Waals surface area contributed by atoms with E-state index in [4.69, 9.17) is 4.74 Å². The Morgan fingerprint density at radius 2 is 1.77 bits per heavy atom. The van der Waals surface area contributed by atoms with Gasteiger partial charge in [-0.2, -0.15) is 13.2 Å². The lowest BCUT2D eigenvalue weighted by Crippen LogP contribution is -2.47. The van der Waals surface area contributed by atoms with E-state index in [-0.39, 0.29) is 31.7 Å². The molecule has 3 rings (SSSR count). The molecule has 0 spiro atoms. The maximum absolute atomic E-state index is 13.0. The number of carbonyl (C=O) groups excluding carboxylic acids is 2. The van der Waals surface area contributed by atoms with Crippen molar-refractivity contribution in [2.75, 3.05) is 59.0 Å². The lowest BCUT2D eigenvalue weighted by atomic mass is 9.97. The second kappa shape index (κ2) is 11.1. The molecule has 0 bridgehead atoms. The molecule has 2 heterocycles. The van der Waals surface area contributed by atoms with Crippen LogP contribution in [0.2, 0.25) is 0 Å². The third kappa shape index (κ3) is 7.02. The number of alkyl halides is 3. The summed E-state index contributed by atoms with van der Waals surface area (Å²) in [5, 5.41) is 3.32. The molecule has 1 saturated heterocycles. The highest BCUT2D eigenvalue weighted by Crippen LogP contribution is 2.20. The van der Waals surface area contributed by atoms with Crippen LogP contribution in [-0.4, -0.2) is 86.7 Å². The molecule has 0 atom stereocenters. The summed E-state index contributed by atoms with van der Waals surface area (Å²) in [6.45, 7) is 4.38. The summed E-state index contributed by atoms with van der Waals surface area (Å²) in [7, 11) is 0. The first-order valence-electron chi connectivity index (χ1n) is 10.9. The van der Waals surface area contributed by atoms with Gasteiger partial charge in [-0.05, 0) is 49.5 Å². The van der Waals surface area contributed by atoms with Gasteiger partial charge in [0.1, 0.15) is 0 Å². The predicted molar refractivity (Wildman–Crippen MR) is 110 cm³/mol. The minimum atomic E-state index is -4.92. The van der Waals surface area contributed by atoms with Gasteiger partial charge in [-0.15, -0.1) is 0 Å². The Hall–Kier alpha value is -1.97. The van der Waals surface area contributed by atoms with E-state index < -0.39 is 12.1 Å². The molecule has 31 heavy (non-hydrogen) atoms.